The number of benzene rings is 1. The van der Waals surface area contributed by atoms with Gasteiger partial charge >= 0.3 is 0 Å². The number of nitrogens with one attached hydrogen (secondary N) is 1. The number of hydrogen-bond donors (Lipinski definition) is 2. The average Bonchev–Trinajstić information content (AvgIpc) is 2.43. The normalized spacial score (nSPS) is 12.3. The van der Waals surface area contributed by atoms with Crippen LogP contribution in [0, 0.1) is 5.92 Å². The number of thiocarbonyl (C=S) groups is 1. The lowest BCUT2D eigenvalue weighted by Gasteiger charge is -2.21. The van der Waals surface area contributed by atoms with Gasteiger partial charge in [-0.2, -0.15) is 0 Å². The minimum atomic E-state index is -0.324. The molecule has 1 aromatic carbocycles. The summed E-state index contributed by atoms with van der Waals surface area (Å²) in [6.07, 6.45) is 3.21. The number of nitrogens with two attached hydrogens (primary N) is 1. The van der Waals surface area contributed by atoms with Crippen LogP contribution in [-0.4, -0.2) is 26.9 Å². The Bertz CT molecular complexity index is 656. The van der Waals surface area contributed by atoms with Crippen molar-refractivity contribution in [2.45, 2.75) is 19.9 Å². The molecular weight excluding hydrogens is 272 g/mol. The van der Waals surface area contributed by atoms with Crippen LogP contribution < -0.4 is 11.1 Å². The number of nitrogens with zero attached hydrogens (tertiary/aromatic N) is 2. The molecule has 0 aliphatic heterocycles. The smallest absolute Gasteiger partial charge is 0.251 e. The highest BCUT2D eigenvalue weighted by Gasteiger charge is 2.19. The van der Waals surface area contributed by atoms with Crippen LogP contribution in [0.15, 0.2) is 30.6 Å². The highest BCUT2D eigenvalue weighted by Crippen LogP contribution is 2.12. The third kappa shape index (κ3) is 3.08. The SMILES string of the molecule is CC(C)C(NC(=O)c1ccc2nccnc2c1)C(N)=S. The van der Waals surface area contributed by atoms with Gasteiger partial charge in [0, 0.05) is 18.0 Å². The first-order valence-corrected chi connectivity index (χ1v) is 6.71. The predicted octanol–water partition coefficient (Wildman–Crippen LogP) is 1.67. The van der Waals surface area contributed by atoms with Crippen molar-refractivity contribution in [1.82, 2.24) is 15.3 Å². The lowest BCUT2D eigenvalue weighted by Crippen LogP contribution is -2.46. The van der Waals surface area contributed by atoms with E-state index in [1.54, 1.807) is 30.6 Å². The third-order valence-corrected chi connectivity index (χ3v) is 3.25. The summed E-state index contributed by atoms with van der Waals surface area (Å²) in [5.41, 5.74) is 7.59. The highest BCUT2D eigenvalue weighted by atomic mass is 32.1. The van der Waals surface area contributed by atoms with E-state index in [1.807, 2.05) is 13.8 Å². The van der Waals surface area contributed by atoms with Crippen molar-refractivity contribution in [2.75, 3.05) is 0 Å². The van der Waals surface area contributed by atoms with Gasteiger partial charge in [-0.1, -0.05) is 26.1 Å². The fourth-order valence-electron chi connectivity index (χ4n) is 1.90. The summed E-state index contributed by atoms with van der Waals surface area (Å²) < 4.78 is 0. The molecule has 2 aromatic rings. The molecule has 0 spiro atoms. The molecule has 1 heterocycles. The summed E-state index contributed by atoms with van der Waals surface area (Å²) in [5.74, 6) is -0.0826. The van der Waals surface area contributed by atoms with Gasteiger partial charge < -0.3 is 11.1 Å². The van der Waals surface area contributed by atoms with Gasteiger partial charge in [-0.05, 0) is 24.1 Å². The molecule has 0 aliphatic rings. The fraction of sp³-hybridized carbons (Fsp3) is 0.286. The van der Waals surface area contributed by atoms with Crippen molar-refractivity contribution in [3.05, 3.63) is 36.2 Å². The van der Waals surface area contributed by atoms with Gasteiger partial charge in [0.15, 0.2) is 0 Å². The number of fused-ring (bicyclic) bond motifs is 1. The Balaban J connectivity index is 2.24. The number of carbonyl (C=O) groups excluding carboxylic acids is 1. The van der Waals surface area contributed by atoms with Crippen LogP contribution in [-0.2, 0) is 0 Å². The second-order valence-corrected chi connectivity index (χ2v) is 5.33. The summed E-state index contributed by atoms with van der Waals surface area (Å²) in [6.45, 7) is 3.91. The number of amides is 1. The molecule has 0 bridgehead atoms. The third-order valence-electron chi connectivity index (χ3n) is 2.99. The molecule has 0 radical (unpaired) electrons. The van der Waals surface area contributed by atoms with Gasteiger partial charge in [0.2, 0.25) is 0 Å². The maximum absolute atomic E-state index is 12.2. The van der Waals surface area contributed by atoms with E-state index in [0.717, 1.165) is 5.52 Å². The van der Waals surface area contributed by atoms with Crippen molar-refractivity contribution in [3.8, 4) is 0 Å². The van der Waals surface area contributed by atoms with Crippen LogP contribution in [0.1, 0.15) is 24.2 Å². The standard InChI is InChI=1S/C14H16N4OS/c1-8(2)12(13(15)20)18-14(19)9-3-4-10-11(7-9)17-6-5-16-10/h3-8,12H,1-2H3,(H2,15,20)(H,18,19). The number of aromatic nitrogens is 2. The minimum Gasteiger partial charge on any atom is -0.392 e. The minimum absolute atomic E-state index is 0.136. The molecule has 104 valence electrons. The zero-order chi connectivity index (χ0) is 14.7. The summed E-state index contributed by atoms with van der Waals surface area (Å²) in [4.78, 5) is 20.9. The molecule has 1 unspecified atom stereocenters. The number of rotatable bonds is 4. The Morgan fingerprint density at radius 1 is 1.25 bits per heavy atom. The second kappa shape index (κ2) is 5.92. The van der Waals surface area contributed by atoms with E-state index in [1.165, 1.54) is 0 Å². The predicted molar refractivity (Wildman–Crippen MR) is 82.4 cm³/mol. The quantitative estimate of drug-likeness (QED) is 0.836. The highest BCUT2D eigenvalue weighted by molar-refractivity contribution is 7.80. The van der Waals surface area contributed by atoms with Crippen molar-refractivity contribution >= 4 is 34.1 Å². The summed E-state index contributed by atoms with van der Waals surface area (Å²) >= 11 is 4.98. The van der Waals surface area contributed by atoms with E-state index in [-0.39, 0.29) is 22.9 Å². The second-order valence-electron chi connectivity index (χ2n) is 4.86. The van der Waals surface area contributed by atoms with Crippen LogP contribution >= 0.6 is 12.2 Å². The van der Waals surface area contributed by atoms with Crippen molar-refractivity contribution < 1.29 is 4.79 Å². The Morgan fingerprint density at radius 3 is 2.50 bits per heavy atom. The molecule has 1 aromatic heterocycles. The molecular formula is C14H16N4OS. The molecule has 0 saturated carbocycles. The van der Waals surface area contributed by atoms with Gasteiger partial charge in [-0.15, -0.1) is 0 Å². The van der Waals surface area contributed by atoms with Crippen LogP contribution in [0.5, 0.6) is 0 Å². The monoisotopic (exact) mass is 288 g/mol. The van der Waals surface area contributed by atoms with E-state index in [0.29, 0.717) is 11.1 Å². The van der Waals surface area contributed by atoms with E-state index >= 15 is 0 Å². The van der Waals surface area contributed by atoms with Crippen LogP contribution in [0.3, 0.4) is 0 Å². The lowest BCUT2D eigenvalue weighted by atomic mass is 10.0. The molecule has 2 rings (SSSR count). The Kier molecular flexibility index (Phi) is 4.24. The van der Waals surface area contributed by atoms with Crippen LogP contribution in [0.4, 0.5) is 0 Å². The molecule has 20 heavy (non-hydrogen) atoms. The maximum Gasteiger partial charge on any atom is 0.251 e. The summed E-state index contributed by atoms with van der Waals surface area (Å²) in [7, 11) is 0. The largest absolute Gasteiger partial charge is 0.392 e. The fourth-order valence-corrected chi connectivity index (χ4v) is 2.23. The van der Waals surface area contributed by atoms with Gasteiger partial charge in [0.25, 0.3) is 5.91 Å². The topological polar surface area (TPSA) is 80.9 Å². The molecule has 6 heteroatoms. The number of carbonyl (C=O) groups is 1. The van der Waals surface area contributed by atoms with Gasteiger partial charge in [0.05, 0.1) is 22.1 Å². The molecule has 0 fully saturated rings. The van der Waals surface area contributed by atoms with E-state index in [9.17, 15) is 4.79 Å². The zero-order valence-electron chi connectivity index (χ0n) is 11.3. The Hall–Kier alpha value is -2.08. The van der Waals surface area contributed by atoms with Gasteiger partial charge in [0.1, 0.15) is 0 Å². The van der Waals surface area contributed by atoms with Crippen molar-refractivity contribution in [1.29, 1.82) is 0 Å². The van der Waals surface area contributed by atoms with Crippen LogP contribution in [0.25, 0.3) is 11.0 Å². The Labute approximate surface area is 122 Å². The molecule has 1 atom stereocenters. The average molecular weight is 288 g/mol. The Morgan fingerprint density at radius 2 is 1.90 bits per heavy atom. The van der Waals surface area contributed by atoms with Crippen molar-refractivity contribution in [3.63, 3.8) is 0 Å². The lowest BCUT2D eigenvalue weighted by molar-refractivity contribution is 0.0940. The molecule has 0 aliphatic carbocycles. The van der Waals surface area contributed by atoms with Crippen LogP contribution in [0.2, 0.25) is 0 Å². The summed E-state index contributed by atoms with van der Waals surface area (Å²) in [6, 6.07) is 4.86. The first kappa shape index (κ1) is 14.3. The van der Waals surface area contributed by atoms with Gasteiger partial charge in [-0.25, -0.2) is 0 Å². The first-order valence-electron chi connectivity index (χ1n) is 6.30. The van der Waals surface area contributed by atoms with E-state index < -0.39 is 0 Å². The van der Waals surface area contributed by atoms with E-state index in [4.69, 9.17) is 18.0 Å². The van der Waals surface area contributed by atoms with Gasteiger partial charge in [-0.3, -0.25) is 14.8 Å². The molecule has 5 nitrogen and oxygen atoms in total. The summed E-state index contributed by atoms with van der Waals surface area (Å²) in [5, 5.41) is 2.84. The zero-order valence-corrected chi connectivity index (χ0v) is 12.1. The van der Waals surface area contributed by atoms with E-state index in [2.05, 4.69) is 15.3 Å². The van der Waals surface area contributed by atoms with Crippen molar-refractivity contribution in [2.24, 2.45) is 11.7 Å². The first-order chi connectivity index (χ1) is 9.49. The number of hydrogen-bond acceptors (Lipinski definition) is 4. The maximum atomic E-state index is 12.2. The molecule has 3 N–H and O–H groups in total. The molecule has 1 amide bonds. The molecule has 0 saturated heterocycles.